The maximum atomic E-state index is 12.4. The summed E-state index contributed by atoms with van der Waals surface area (Å²) in [5.74, 6) is 6.19. The van der Waals surface area contributed by atoms with Gasteiger partial charge in [-0.2, -0.15) is 0 Å². The van der Waals surface area contributed by atoms with Gasteiger partial charge in [0.05, 0.1) is 25.9 Å². The van der Waals surface area contributed by atoms with Gasteiger partial charge in [0, 0.05) is 36.3 Å². The van der Waals surface area contributed by atoms with E-state index in [1.165, 1.54) is 0 Å². The first-order chi connectivity index (χ1) is 12.2. The monoisotopic (exact) mass is 337 g/mol. The van der Waals surface area contributed by atoms with Crippen LogP contribution in [0.5, 0.6) is 0 Å². The third-order valence-corrected chi connectivity index (χ3v) is 4.87. The largest absolute Gasteiger partial charge is 0.375 e. The third-order valence-electron chi connectivity index (χ3n) is 4.87. The maximum Gasteiger partial charge on any atom is 0.271 e. The summed E-state index contributed by atoms with van der Waals surface area (Å²) in [6.45, 7) is 4.48. The molecule has 4 heterocycles. The molecule has 2 aromatic rings. The van der Waals surface area contributed by atoms with Gasteiger partial charge in [0.15, 0.2) is 0 Å². The number of pyridine rings is 2. The Kier molecular flexibility index (Phi) is 4.04. The maximum absolute atomic E-state index is 12.4. The first kappa shape index (κ1) is 15.9. The number of aromatic nitrogens is 2. The standard InChI is InChI=1S/C19H19N3O3/c1-14-19(12-24-13-19)25-9-8-22(14)17-10-16(11-21-18(17)23)3-2-15-4-6-20-7-5-15/h4-7,10-11,14H,8-9,12-13H2,1H3,(H,21,23). The molecule has 1 spiro atoms. The minimum atomic E-state index is -0.302. The number of hydrogen-bond acceptors (Lipinski definition) is 5. The fourth-order valence-corrected chi connectivity index (χ4v) is 3.24. The highest BCUT2D eigenvalue weighted by Crippen LogP contribution is 2.34. The van der Waals surface area contributed by atoms with E-state index in [1.54, 1.807) is 18.6 Å². The smallest absolute Gasteiger partial charge is 0.271 e. The number of nitrogens with one attached hydrogen (secondary N) is 1. The molecule has 0 aromatic carbocycles. The Morgan fingerprint density at radius 1 is 1.28 bits per heavy atom. The van der Waals surface area contributed by atoms with Crippen LogP contribution in [0.25, 0.3) is 0 Å². The number of anilines is 1. The Hall–Kier alpha value is -2.62. The number of morpholine rings is 1. The van der Waals surface area contributed by atoms with E-state index in [0.29, 0.717) is 32.1 Å². The normalized spacial score (nSPS) is 21.3. The van der Waals surface area contributed by atoms with Gasteiger partial charge in [-0.15, -0.1) is 0 Å². The zero-order valence-electron chi connectivity index (χ0n) is 14.0. The molecule has 0 aliphatic carbocycles. The second kappa shape index (κ2) is 6.36. The second-order valence-corrected chi connectivity index (χ2v) is 6.36. The van der Waals surface area contributed by atoms with Crippen molar-refractivity contribution in [1.82, 2.24) is 9.97 Å². The van der Waals surface area contributed by atoms with Crippen molar-refractivity contribution < 1.29 is 9.47 Å². The first-order valence-electron chi connectivity index (χ1n) is 8.31. The second-order valence-electron chi connectivity index (χ2n) is 6.36. The molecule has 25 heavy (non-hydrogen) atoms. The van der Waals surface area contributed by atoms with Gasteiger partial charge in [0.1, 0.15) is 11.3 Å². The molecule has 0 amide bonds. The zero-order valence-corrected chi connectivity index (χ0v) is 14.0. The summed E-state index contributed by atoms with van der Waals surface area (Å²) in [6, 6.07) is 5.62. The van der Waals surface area contributed by atoms with Crippen LogP contribution in [0, 0.1) is 11.8 Å². The van der Waals surface area contributed by atoms with Gasteiger partial charge in [-0.3, -0.25) is 9.78 Å². The van der Waals surface area contributed by atoms with Gasteiger partial charge >= 0.3 is 0 Å². The Labute approximate surface area is 145 Å². The van der Waals surface area contributed by atoms with Crippen molar-refractivity contribution in [3.05, 3.63) is 58.3 Å². The summed E-state index contributed by atoms with van der Waals surface area (Å²) >= 11 is 0. The van der Waals surface area contributed by atoms with E-state index < -0.39 is 0 Å². The van der Waals surface area contributed by atoms with E-state index in [4.69, 9.17) is 9.47 Å². The Balaban J connectivity index is 1.64. The number of H-pyrrole nitrogens is 1. The molecular weight excluding hydrogens is 318 g/mol. The Morgan fingerprint density at radius 2 is 2.04 bits per heavy atom. The lowest BCUT2D eigenvalue weighted by Crippen LogP contribution is -2.68. The van der Waals surface area contributed by atoms with Gasteiger partial charge in [-0.05, 0) is 25.1 Å². The lowest BCUT2D eigenvalue weighted by atomic mass is 9.90. The summed E-state index contributed by atoms with van der Waals surface area (Å²) in [5.41, 5.74) is 1.86. The Bertz CT molecular complexity index is 878. The molecule has 4 rings (SSSR count). The van der Waals surface area contributed by atoms with Crippen molar-refractivity contribution in [3.8, 4) is 11.8 Å². The van der Waals surface area contributed by atoms with Crippen LogP contribution in [0.1, 0.15) is 18.1 Å². The molecule has 1 N–H and O–H groups in total. The van der Waals surface area contributed by atoms with Crippen LogP contribution in [0.4, 0.5) is 5.69 Å². The van der Waals surface area contributed by atoms with E-state index >= 15 is 0 Å². The average molecular weight is 337 g/mol. The molecule has 0 bridgehead atoms. The minimum absolute atomic E-state index is 0.0690. The average Bonchev–Trinajstić information content (AvgIpc) is 2.61. The summed E-state index contributed by atoms with van der Waals surface area (Å²) in [6.07, 6.45) is 5.06. The molecule has 1 unspecified atom stereocenters. The molecule has 2 aliphatic rings. The SMILES string of the molecule is CC1N(c2cc(C#Cc3ccncc3)c[nH]c2=O)CCOC12COC2. The highest BCUT2D eigenvalue weighted by molar-refractivity contribution is 5.53. The summed E-state index contributed by atoms with van der Waals surface area (Å²) in [5, 5.41) is 0. The van der Waals surface area contributed by atoms with Crippen LogP contribution >= 0.6 is 0 Å². The van der Waals surface area contributed by atoms with Crippen molar-refractivity contribution in [1.29, 1.82) is 0 Å². The molecule has 6 heteroatoms. The highest BCUT2D eigenvalue weighted by Gasteiger charge is 2.50. The van der Waals surface area contributed by atoms with Crippen LogP contribution in [-0.2, 0) is 9.47 Å². The number of hydrogen-bond donors (Lipinski definition) is 1. The zero-order chi connectivity index (χ0) is 17.3. The van der Waals surface area contributed by atoms with Crippen molar-refractivity contribution in [2.45, 2.75) is 18.6 Å². The summed E-state index contributed by atoms with van der Waals surface area (Å²) in [4.78, 5) is 21.3. The molecular formula is C19H19N3O3. The lowest BCUT2D eigenvalue weighted by molar-refractivity contribution is -0.228. The predicted molar refractivity (Wildman–Crippen MR) is 93.6 cm³/mol. The van der Waals surface area contributed by atoms with E-state index in [0.717, 1.165) is 11.1 Å². The van der Waals surface area contributed by atoms with Crippen LogP contribution < -0.4 is 10.5 Å². The molecule has 0 radical (unpaired) electrons. The molecule has 2 saturated heterocycles. The van der Waals surface area contributed by atoms with Crippen LogP contribution in [0.2, 0.25) is 0 Å². The molecule has 6 nitrogen and oxygen atoms in total. The van der Waals surface area contributed by atoms with Crippen molar-refractivity contribution in [3.63, 3.8) is 0 Å². The van der Waals surface area contributed by atoms with E-state index in [2.05, 4.69) is 33.6 Å². The lowest BCUT2D eigenvalue weighted by Gasteiger charge is -2.53. The molecule has 2 aliphatic heterocycles. The van der Waals surface area contributed by atoms with Gasteiger partial charge in [0.2, 0.25) is 0 Å². The highest BCUT2D eigenvalue weighted by atomic mass is 16.6. The summed E-state index contributed by atoms with van der Waals surface area (Å²) < 4.78 is 11.3. The van der Waals surface area contributed by atoms with Crippen LogP contribution in [-0.4, -0.2) is 48.0 Å². The Morgan fingerprint density at radius 3 is 2.76 bits per heavy atom. The molecule has 2 aromatic heterocycles. The third kappa shape index (κ3) is 2.93. The van der Waals surface area contributed by atoms with Gasteiger partial charge < -0.3 is 19.4 Å². The first-order valence-corrected chi connectivity index (χ1v) is 8.31. The quantitative estimate of drug-likeness (QED) is 0.791. The fourth-order valence-electron chi connectivity index (χ4n) is 3.24. The molecule has 1 atom stereocenters. The van der Waals surface area contributed by atoms with Crippen LogP contribution in [0.3, 0.4) is 0 Å². The summed E-state index contributed by atoms with van der Waals surface area (Å²) in [7, 11) is 0. The fraction of sp³-hybridized carbons (Fsp3) is 0.368. The number of nitrogens with zero attached hydrogens (tertiary/aromatic N) is 2. The number of ether oxygens (including phenoxy) is 2. The van der Waals surface area contributed by atoms with Gasteiger partial charge in [-0.25, -0.2) is 0 Å². The molecule has 0 saturated carbocycles. The van der Waals surface area contributed by atoms with Crippen LogP contribution in [0.15, 0.2) is 41.6 Å². The van der Waals surface area contributed by atoms with E-state index in [9.17, 15) is 4.79 Å². The van der Waals surface area contributed by atoms with E-state index in [1.807, 2.05) is 18.2 Å². The van der Waals surface area contributed by atoms with E-state index in [-0.39, 0.29) is 17.2 Å². The minimum Gasteiger partial charge on any atom is -0.375 e. The van der Waals surface area contributed by atoms with Gasteiger partial charge in [-0.1, -0.05) is 11.8 Å². The van der Waals surface area contributed by atoms with Crippen molar-refractivity contribution >= 4 is 5.69 Å². The van der Waals surface area contributed by atoms with Crippen molar-refractivity contribution in [2.75, 3.05) is 31.3 Å². The number of aromatic amines is 1. The number of rotatable bonds is 1. The molecule has 128 valence electrons. The topological polar surface area (TPSA) is 67.5 Å². The molecule has 2 fully saturated rings. The predicted octanol–water partition coefficient (Wildman–Crippen LogP) is 1.16. The van der Waals surface area contributed by atoms with Crippen molar-refractivity contribution in [2.24, 2.45) is 0 Å². The van der Waals surface area contributed by atoms with Gasteiger partial charge in [0.25, 0.3) is 5.56 Å².